The first-order valence-corrected chi connectivity index (χ1v) is 7.68. The van der Waals surface area contributed by atoms with Crippen molar-refractivity contribution in [2.75, 3.05) is 9.73 Å². The summed E-state index contributed by atoms with van der Waals surface area (Å²) in [5.41, 5.74) is -0.494. The van der Waals surface area contributed by atoms with Crippen molar-refractivity contribution < 1.29 is 26.4 Å². The quantitative estimate of drug-likeness (QED) is 0.674. The van der Waals surface area contributed by atoms with E-state index in [2.05, 4.69) is 10.6 Å². The lowest BCUT2D eigenvalue weighted by Gasteiger charge is -2.27. The lowest BCUT2D eigenvalue weighted by atomic mass is 10.2. The van der Waals surface area contributed by atoms with E-state index >= 15 is 0 Å². The van der Waals surface area contributed by atoms with Gasteiger partial charge in [-0.15, -0.1) is 9.32 Å². The predicted octanol–water partition coefficient (Wildman–Crippen LogP) is 2.55. The molecule has 11 heteroatoms. The number of benzene rings is 2. The molecule has 0 aliphatic carbocycles. The van der Waals surface area contributed by atoms with Gasteiger partial charge >= 0.3 is 0 Å². The third kappa shape index (κ3) is 2.29. The molecule has 7 nitrogen and oxygen atoms in total. The Balaban J connectivity index is 1.90. The van der Waals surface area contributed by atoms with Crippen molar-refractivity contribution in [1.29, 1.82) is 0 Å². The number of carbonyl (C=O) groups excluding carboxylic acids is 1. The molecule has 2 aromatic rings. The first kappa shape index (κ1) is 15.9. The molecular weight excluding hydrogens is 351 g/mol. The molecule has 1 N–H and O–H groups in total. The molecule has 0 radical (unpaired) electrons. The third-order valence-electron chi connectivity index (χ3n) is 3.25. The number of nitrogens with zero attached hydrogens (tertiary/aromatic N) is 2. The molecule has 0 saturated heterocycles. The van der Waals surface area contributed by atoms with E-state index in [9.17, 15) is 31.3 Å². The van der Waals surface area contributed by atoms with Gasteiger partial charge in [0.2, 0.25) is 0 Å². The van der Waals surface area contributed by atoms with Crippen molar-refractivity contribution in [2.45, 2.75) is 4.90 Å². The van der Waals surface area contributed by atoms with Crippen LogP contribution in [-0.4, -0.2) is 14.3 Å². The van der Waals surface area contributed by atoms with Gasteiger partial charge in [-0.2, -0.15) is 8.42 Å². The molecule has 0 saturated carbocycles. The van der Waals surface area contributed by atoms with E-state index in [4.69, 9.17) is 0 Å². The summed E-state index contributed by atoms with van der Waals surface area (Å²) in [4.78, 5) is 22.2. The Bertz CT molecular complexity index is 971. The molecule has 0 atom stereocenters. The summed E-state index contributed by atoms with van der Waals surface area (Å²) in [7, 11) is -4.07. The lowest BCUT2D eigenvalue weighted by molar-refractivity contribution is 0.102. The van der Waals surface area contributed by atoms with E-state index < -0.39 is 33.4 Å². The molecule has 1 heterocycles. The zero-order valence-corrected chi connectivity index (χ0v) is 12.3. The van der Waals surface area contributed by atoms with Gasteiger partial charge in [0.25, 0.3) is 15.9 Å². The van der Waals surface area contributed by atoms with Gasteiger partial charge in [0.05, 0.1) is 5.29 Å². The molecule has 124 valence electrons. The molecule has 1 aliphatic rings. The second-order valence-corrected chi connectivity index (χ2v) is 6.46. The predicted molar refractivity (Wildman–Crippen MR) is 76.2 cm³/mol. The minimum absolute atomic E-state index is 0.000390. The second kappa shape index (κ2) is 5.30. The fourth-order valence-corrected chi connectivity index (χ4v) is 3.38. The SMILES string of the molecule is O=NN1c2ccc(C(=O)Nc3cc(F)c(F)c(F)c3)cc2S1(=O)=O. The largest absolute Gasteiger partial charge is 0.322 e. The highest BCUT2D eigenvalue weighted by Gasteiger charge is 2.42. The second-order valence-electron chi connectivity index (χ2n) is 4.72. The number of hydrogen-bond donors (Lipinski definition) is 1. The Labute approximate surface area is 132 Å². The van der Waals surface area contributed by atoms with Crippen molar-refractivity contribution in [2.24, 2.45) is 5.29 Å². The average Bonchev–Trinajstić information content (AvgIpc) is 2.52. The van der Waals surface area contributed by atoms with Crippen molar-refractivity contribution in [3.63, 3.8) is 0 Å². The summed E-state index contributed by atoms with van der Waals surface area (Å²) in [6.07, 6.45) is 0. The minimum atomic E-state index is -4.07. The Kier molecular flexibility index (Phi) is 3.52. The topological polar surface area (TPSA) is 95.9 Å². The first-order chi connectivity index (χ1) is 11.3. The molecule has 0 spiro atoms. The van der Waals surface area contributed by atoms with E-state index in [-0.39, 0.29) is 26.2 Å². The number of nitrogens with one attached hydrogen (secondary N) is 1. The number of rotatable bonds is 3. The number of hydrogen-bond acceptors (Lipinski definition) is 5. The number of halogens is 3. The summed E-state index contributed by atoms with van der Waals surface area (Å²) >= 11 is 0. The molecule has 3 rings (SSSR count). The maximum absolute atomic E-state index is 13.1. The van der Waals surface area contributed by atoms with E-state index in [1.54, 1.807) is 0 Å². The van der Waals surface area contributed by atoms with Crippen LogP contribution in [-0.2, 0) is 10.0 Å². The molecule has 0 bridgehead atoms. The normalized spacial score (nSPS) is 14.5. The Morgan fingerprint density at radius 3 is 2.29 bits per heavy atom. The summed E-state index contributed by atoms with van der Waals surface area (Å²) in [5.74, 6) is -5.53. The summed E-state index contributed by atoms with van der Waals surface area (Å²) in [5, 5.41) is 4.44. The van der Waals surface area contributed by atoms with Gasteiger partial charge in [0.15, 0.2) is 17.5 Å². The van der Waals surface area contributed by atoms with Crippen molar-refractivity contribution >= 4 is 27.3 Å². The van der Waals surface area contributed by atoms with Gasteiger partial charge in [0.1, 0.15) is 10.6 Å². The molecule has 1 aliphatic heterocycles. The summed E-state index contributed by atoms with van der Waals surface area (Å²) < 4.78 is 62.7. The van der Waals surface area contributed by atoms with E-state index in [0.717, 1.165) is 6.07 Å². The zero-order valence-electron chi connectivity index (χ0n) is 11.5. The van der Waals surface area contributed by atoms with Gasteiger partial charge in [-0.1, -0.05) is 0 Å². The van der Waals surface area contributed by atoms with Crippen LogP contribution >= 0.6 is 0 Å². The first-order valence-electron chi connectivity index (χ1n) is 6.24. The van der Waals surface area contributed by atoms with Crippen LogP contribution in [0.15, 0.2) is 40.5 Å². The van der Waals surface area contributed by atoms with E-state index in [1.165, 1.54) is 12.1 Å². The van der Waals surface area contributed by atoms with Gasteiger partial charge < -0.3 is 5.32 Å². The summed E-state index contributed by atoms with van der Waals surface area (Å²) in [6, 6.07) is 4.51. The van der Waals surface area contributed by atoms with Crippen LogP contribution in [0.25, 0.3) is 0 Å². The van der Waals surface area contributed by atoms with Crippen molar-refractivity contribution in [1.82, 2.24) is 0 Å². The molecule has 1 amide bonds. The smallest absolute Gasteiger partial charge is 0.288 e. The molecular formula is C13H6F3N3O4S. The minimum Gasteiger partial charge on any atom is -0.322 e. The van der Waals surface area contributed by atoms with Gasteiger partial charge in [-0.3, -0.25) is 4.79 Å². The van der Waals surface area contributed by atoms with Crippen LogP contribution < -0.4 is 9.73 Å². The van der Waals surface area contributed by atoms with E-state index in [0.29, 0.717) is 12.1 Å². The molecule has 2 aromatic carbocycles. The van der Waals surface area contributed by atoms with Gasteiger partial charge in [-0.05, 0) is 18.2 Å². The Morgan fingerprint density at radius 2 is 1.71 bits per heavy atom. The van der Waals surface area contributed by atoms with Gasteiger partial charge in [0, 0.05) is 23.4 Å². The number of carbonyl (C=O) groups is 1. The van der Waals surface area contributed by atoms with E-state index in [1.807, 2.05) is 0 Å². The van der Waals surface area contributed by atoms with Crippen LogP contribution in [0.4, 0.5) is 24.5 Å². The zero-order chi connectivity index (χ0) is 17.6. The molecule has 0 unspecified atom stereocenters. The van der Waals surface area contributed by atoms with Gasteiger partial charge in [-0.25, -0.2) is 13.2 Å². The van der Waals surface area contributed by atoms with Crippen LogP contribution in [0.3, 0.4) is 0 Å². The summed E-state index contributed by atoms with van der Waals surface area (Å²) in [6.45, 7) is 0. The number of fused-ring (bicyclic) bond motifs is 1. The lowest BCUT2D eigenvalue weighted by Crippen LogP contribution is -2.35. The highest BCUT2D eigenvalue weighted by atomic mass is 32.2. The highest BCUT2D eigenvalue weighted by molar-refractivity contribution is 7.94. The Hall–Kier alpha value is -2.95. The number of amides is 1. The van der Waals surface area contributed by atoms with Crippen LogP contribution in [0, 0.1) is 22.4 Å². The molecule has 0 aromatic heterocycles. The number of sulfonamides is 1. The highest BCUT2D eigenvalue weighted by Crippen LogP contribution is 2.40. The fourth-order valence-electron chi connectivity index (χ4n) is 2.12. The Morgan fingerprint density at radius 1 is 1.08 bits per heavy atom. The van der Waals surface area contributed by atoms with Crippen LogP contribution in [0.5, 0.6) is 0 Å². The van der Waals surface area contributed by atoms with Crippen LogP contribution in [0.2, 0.25) is 0 Å². The fraction of sp³-hybridized carbons (Fsp3) is 0. The number of anilines is 2. The maximum Gasteiger partial charge on any atom is 0.288 e. The maximum atomic E-state index is 13.1. The molecule has 24 heavy (non-hydrogen) atoms. The molecule has 0 fully saturated rings. The third-order valence-corrected chi connectivity index (χ3v) is 4.85. The monoisotopic (exact) mass is 357 g/mol. The van der Waals surface area contributed by atoms with Crippen molar-refractivity contribution in [3.8, 4) is 0 Å². The standard InChI is InChI=1S/C13H6F3N3O4S/c14-8-4-7(5-9(15)12(8)16)17-13(20)6-1-2-10-11(3-6)24(22,23)19(10)18-21/h1-5H,(H,17,20). The average molecular weight is 357 g/mol. The van der Waals surface area contributed by atoms with Crippen molar-refractivity contribution in [3.05, 3.63) is 58.3 Å². The number of nitroso groups, excluding NO2 is 1. The van der Waals surface area contributed by atoms with Crippen LogP contribution in [0.1, 0.15) is 10.4 Å².